The second-order valence-electron chi connectivity index (χ2n) is 7.36. The number of piperidine rings is 1. The molecular formula is C22H25Cl2N3O3. The summed E-state index contributed by atoms with van der Waals surface area (Å²) < 4.78 is 5.63. The summed E-state index contributed by atoms with van der Waals surface area (Å²) in [6, 6.07) is 8.77. The van der Waals surface area contributed by atoms with Gasteiger partial charge in [-0.3, -0.25) is 9.59 Å². The first-order valence-corrected chi connectivity index (χ1v) is 10.8. The van der Waals surface area contributed by atoms with E-state index >= 15 is 0 Å². The second kappa shape index (κ2) is 10.6. The van der Waals surface area contributed by atoms with Gasteiger partial charge >= 0.3 is 0 Å². The van der Waals surface area contributed by atoms with E-state index in [1.54, 1.807) is 29.3 Å². The molecule has 1 aromatic heterocycles. The molecule has 0 saturated carbocycles. The molecule has 0 aliphatic carbocycles. The topological polar surface area (TPSA) is 71.5 Å². The van der Waals surface area contributed by atoms with Crippen molar-refractivity contribution < 1.29 is 14.3 Å². The number of hydrogen-bond donors (Lipinski definition) is 1. The van der Waals surface area contributed by atoms with Gasteiger partial charge in [0.15, 0.2) is 0 Å². The van der Waals surface area contributed by atoms with Crippen molar-refractivity contribution >= 4 is 40.8 Å². The van der Waals surface area contributed by atoms with Gasteiger partial charge in [-0.2, -0.15) is 0 Å². The Bertz CT molecular complexity index is 907. The number of ether oxygens (including phenoxy) is 1. The molecule has 8 heteroatoms. The summed E-state index contributed by atoms with van der Waals surface area (Å²) in [7, 11) is 0. The van der Waals surface area contributed by atoms with Crippen LogP contribution in [-0.2, 0) is 9.59 Å². The number of anilines is 1. The van der Waals surface area contributed by atoms with E-state index < -0.39 is 0 Å². The SMILES string of the molecule is Cc1cccnc1NC(=O)C1CCCN(C(=O)CCCOc2ccc(Cl)cc2Cl)C1. The molecule has 1 N–H and O–H groups in total. The molecule has 1 aliphatic heterocycles. The van der Waals surface area contributed by atoms with Crippen LogP contribution in [0.3, 0.4) is 0 Å². The first-order chi connectivity index (χ1) is 14.4. The minimum absolute atomic E-state index is 0.0346. The Kier molecular flexibility index (Phi) is 7.94. The van der Waals surface area contributed by atoms with Crippen molar-refractivity contribution in [3.8, 4) is 5.75 Å². The minimum Gasteiger partial charge on any atom is -0.492 e. The Morgan fingerprint density at radius 2 is 2.13 bits per heavy atom. The third-order valence-electron chi connectivity index (χ3n) is 5.08. The maximum absolute atomic E-state index is 12.6. The van der Waals surface area contributed by atoms with Crippen LogP contribution in [-0.4, -0.2) is 41.4 Å². The molecule has 1 unspecified atom stereocenters. The smallest absolute Gasteiger partial charge is 0.230 e. The zero-order chi connectivity index (χ0) is 21.5. The highest BCUT2D eigenvalue weighted by Crippen LogP contribution is 2.27. The summed E-state index contributed by atoms with van der Waals surface area (Å²) >= 11 is 11.9. The van der Waals surface area contributed by atoms with Crippen molar-refractivity contribution in [2.24, 2.45) is 5.92 Å². The number of aromatic nitrogens is 1. The van der Waals surface area contributed by atoms with Crippen LogP contribution in [0, 0.1) is 12.8 Å². The van der Waals surface area contributed by atoms with E-state index in [0.29, 0.717) is 54.2 Å². The molecule has 2 aromatic rings. The van der Waals surface area contributed by atoms with Gasteiger partial charge in [0, 0.05) is 30.7 Å². The molecule has 6 nitrogen and oxygen atoms in total. The van der Waals surface area contributed by atoms with Gasteiger partial charge in [0.05, 0.1) is 17.5 Å². The lowest BCUT2D eigenvalue weighted by atomic mass is 9.96. The quantitative estimate of drug-likeness (QED) is 0.619. The summed E-state index contributed by atoms with van der Waals surface area (Å²) in [4.78, 5) is 31.2. The van der Waals surface area contributed by atoms with Crippen LogP contribution in [0.5, 0.6) is 5.75 Å². The van der Waals surface area contributed by atoms with Gasteiger partial charge in [0.25, 0.3) is 0 Å². The number of nitrogens with zero attached hydrogens (tertiary/aromatic N) is 2. The molecule has 1 fully saturated rings. The average molecular weight is 450 g/mol. The predicted octanol–water partition coefficient (Wildman–Crippen LogP) is 4.73. The molecule has 0 radical (unpaired) electrons. The van der Waals surface area contributed by atoms with Crippen LogP contribution >= 0.6 is 23.2 Å². The molecule has 160 valence electrons. The molecule has 1 aromatic carbocycles. The average Bonchev–Trinajstić information content (AvgIpc) is 2.74. The molecular weight excluding hydrogens is 425 g/mol. The first-order valence-electron chi connectivity index (χ1n) is 10.0. The third kappa shape index (κ3) is 6.09. The van der Waals surface area contributed by atoms with Crippen molar-refractivity contribution in [2.45, 2.75) is 32.6 Å². The summed E-state index contributed by atoms with van der Waals surface area (Å²) in [5.41, 5.74) is 0.912. The van der Waals surface area contributed by atoms with Gasteiger partial charge in [-0.25, -0.2) is 4.98 Å². The zero-order valence-corrected chi connectivity index (χ0v) is 18.4. The molecule has 3 rings (SSSR count). The van der Waals surface area contributed by atoms with E-state index in [0.717, 1.165) is 18.4 Å². The number of pyridine rings is 1. The molecule has 2 heterocycles. The Morgan fingerprint density at radius 1 is 1.30 bits per heavy atom. The van der Waals surface area contributed by atoms with Crippen LogP contribution < -0.4 is 10.1 Å². The van der Waals surface area contributed by atoms with Crippen molar-refractivity contribution in [1.29, 1.82) is 0 Å². The number of hydrogen-bond acceptors (Lipinski definition) is 4. The fraction of sp³-hybridized carbons (Fsp3) is 0.409. The van der Waals surface area contributed by atoms with E-state index in [4.69, 9.17) is 27.9 Å². The minimum atomic E-state index is -0.228. The summed E-state index contributed by atoms with van der Waals surface area (Å²) in [5.74, 6) is 0.840. The number of nitrogens with one attached hydrogen (secondary N) is 1. The van der Waals surface area contributed by atoms with Crippen molar-refractivity contribution in [3.63, 3.8) is 0 Å². The number of halogens is 2. The van der Waals surface area contributed by atoms with E-state index in [1.807, 2.05) is 19.1 Å². The lowest BCUT2D eigenvalue weighted by Crippen LogP contribution is -2.43. The van der Waals surface area contributed by atoms with E-state index in [2.05, 4.69) is 10.3 Å². The fourth-order valence-corrected chi connectivity index (χ4v) is 3.87. The predicted molar refractivity (Wildman–Crippen MR) is 118 cm³/mol. The van der Waals surface area contributed by atoms with Gasteiger partial charge in [0.1, 0.15) is 11.6 Å². The maximum Gasteiger partial charge on any atom is 0.230 e. The van der Waals surface area contributed by atoms with Crippen LogP contribution in [0.4, 0.5) is 5.82 Å². The highest BCUT2D eigenvalue weighted by atomic mass is 35.5. The van der Waals surface area contributed by atoms with E-state index in [9.17, 15) is 9.59 Å². The molecule has 2 amide bonds. The number of benzene rings is 1. The molecule has 30 heavy (non-hydrogen) atoms. The van der Waals surface area contributed by atoms with Crippen LogP contribution in [0.25, 0.3) is 0 Å². The molecule has 0 spiro atoms. The fourth-order valence-electron chi connectivity index (χ4n) is 3.41. The first kappa shape index (κ1) is 22.4. The monoisotopic (exact) mass is 449 g/mol. The number of amides is 2. The third-order valence-corrected chi connectivity index (χ3v) is 5.61. The number of rotatable bonds is 7. The molecule has 1 aliphatic rings. The van der Waals surface area contributed by atoms with Gasteiger partial charge in [0.2, 0.25) is 11.8 Å². The number of carbonyl (C=O) groups is 2. The van der Waals surface area contributed by atoms with E-state index in [-0.39, 0.29) is 17.7 Å². The van der Waals surface area contributed by atoms with Crippen LogP contribution in [0.2, 0.25) is 10.0 Å². The lowest BCUT2D eigenvalue weighted by molar-refractivity contribution is -0.134. The summed E-state index contributed by atoms with van der Waals surface area (Å²) in [5, 5.41) is 3.88. The molecule has 0 bridgehead atoms. The summed E-state index contributed by atoms with van der Waals surface area (Å²) in [6.45, 7) is 3.39. The Labute approximate surface area is 186 Å². The molecule has 1 atom stereocenters. The normalized spacial score (nSPS) is 16.2. The number of aryl methyl sites for hydroxylation is 1. The Hall–Kier alpha value is -2.31. The lowest BCUT2D eigenvalue weighted by Gasteiger charge is -2.32. The Balaban J connectivity index is 1.44. The van der Waals surface area contributed by atoms with Crippen LogP contribution in [0.15, 0.2) is 36.5 Å². The highest BCUT2D eigenvalue weighted by molar-refractivity contribution is 6.35. The molecule has 1 saturated heterocycles. The summed E-state index contributed by atoms with van der Waals surface area (Å²) in [6.07, 6.45) is 4.15. The van der Waals surface area contributed by atoms with Crippen molar-refractivity contribution in [2.75, 3.05) is 25.0 Å². The highest BCUT2D eigenvalue weighted by Gasteiger charge is 2.28. The van der Waals surface area contributed by atoms with E-state index in [1.165, 1.54) is 0 Å². The van der Waals surface area contributed by atoms with Gasteiger partial charge in [-0.15, -0.1) is 0 Å². The maximum atomic E-state index is 12.6. The van der Waals surface area contributed by atoms with Gasteiger partial charge < -0.3 is 15.0 Å². The Morgan fingerprint density at radius 3 is 2.90 bits per heavy atom. The largest absolute Gasteiger partial charge is 0.492 e. The zero-order valence-electron chi connectivity index (χ0n) is 16.9. The van der Waals surface area contributed by atoms with Gasteiger partial charge in [-0.05, 0) is 56.0 Å². The van der Waals surface area contributed by atoms with Crippen molar-refractivity contribution in [3.05, 3.63) is 52.1 Å². The standard InChI is InChI=1S/C22H25Cl2N3O3/c1-15-5-2-10-25-21(15)26-22(29)16-6-3-11-27(14-16)20(28)7-4-12-30-19-9-8-17(23)13-18(19)24/h2,5,8-10,13,16H,3-4,6-7,11-12,14H2,1H3,(H,25,26,29). The number of likely N-dealkylation sites (tertiary alicyclic amines) is 1. The van der Waals surface area contributed by atoms with Gasteiger partial charge in [-0.1, -0.05) is 29.3 Å². The second-order valence-corrected chi connectivity index (χ2v) is 8.21. The van der Waals surface area contributed by atoms with Crippen molar-refractivity contribution in [1.82, 2.24) is 9.88 Å². The number of carbonyl (C=O) groups excluding carboxylic acids is 2. The van der Waals surface area contributed by atoms with Crippen LogP contribution in [0.1, 0.15) is 31.2 Å².